The average molecular weight is 290 g/mol. The van der Waals surface area contributed by atoms with Crippen molar-refractivity contribution in [2.75, 3.05) is 7.11 Å². The van der Waals surface area contributed by atoms with Gasteiger partial charge in [0, 0.05) is 5.92 Å². The monoisotopic (exact) mass is 290 g/mol. The molecule has 0 radical (unpaired) electrons. The first-order chi connectivity index (χ1) is 9.90. The first-order valence-corrected chi connectivity index (χ1v) is 7.78. The summed E-state index contributed by atoms with van der Waals surface area (Å²) < 4.78 is 5.09. The third-order valence-electron chi connectivity index (χ3n) is 5.91. The summed E-state index contributed by atoms with van der Waals surface area (Å²) in [6, 6.07) is 0. The first-order valence-electron chi connectivity index (χ1n) is 7.78. The van der Waals surface area contributed by atoms with Gasteiger partial charge in [0.2, 0.25) is 0 Å². The number of allylic oxidation sites excluding steroid dienone is 3. The van der Waals surface area contributed by atoms with Crippen LogP contribution in [0.1, 0.15) is 46.0 Å². The third kappa shape index (κ3) is 2.47. The molecule has 0 aromatic rings. The molecule has 0 aromatic carbocycles. The highest BCUT2D eigenvalue weighted by Crippen LogP contribution is 2.61. The van der Waals surface area contributed by atoms with Gasteiger partial charge in [0.15, 0.2) is 0 Å². The SMILES string of the molecule is C=C1CC[C@@H]2[C@](C)(CCC[C@]2(C)C(=O)OC)[C@H]1/C=C/C=O. The summed E-state index contributed by atoms with van der Waals surface area (Å²) in [6.07, 6.45) is 9.23. The first kappa shape index (κ1) is 16.0. The molecule has 2 saturated carbocycles. The summed E-state index contributed by atoms with van der Waals surface area (Å²) in [7, 11) is 1.48. The number of carbonyl (C=O) groups is 2. The Morgan fingerprint density at radius 3 is 2.71 bits per heavy atom. The molecule has 2 aliphatic rings. The maximum atomic E-state index is 12.4. The van der Waals surface area contributed by atoms with E-state index in [1.165, 1.54) is 12.7 Å². The summed E-state index contributed by atoms with van der Waals surface area (Å²) >= 11 is 0. The van der Waals surface area contributed by atoms with Crippen molar-refractivity contribution in [3.63, 3.8) is 0 Å². The number of carbonyl (C=O) groups excluding carboxylic acids is 2. The molecule has 4 atom stereocenters. The van der Waals surface area contributed by atoms with E-state index in [-0.39, 0.29) is 23.2 Å². The van der Waals surface area contributed by atoms with E-state index in [0.717, 1.165) is 38.4 Å². The predicted molar refractivity (Wildman–Crippen MR) is 82.6 cm³/mol. The van der Waals surface area contributed by atoms with Crippen LogP contribution in [0, 0.1) is 22.7 Å². The van der Waals surface area contributed by atoms with Gasteiger partial charge in [-0.3, -0.25) is 9.59 Å². The van der Waals surface area contributed by atoms with Gasteiger partial charge in [-0.15, -0.1) is 0 Å². The third-order valence-corrected chi connectivity index (χ3v) is 5.91. The molecule has 116 valence electrons. The molecule has 2 fully saturated rings. The van der Waals surface area contributed by atoms with Gasteiger partial charge < -0.3 is 4.74 Å². The molecule has 0 N–H and O–H groups in total. The molecule has 3 heteroatoms. The van der Waals surface area contributed by atoms with Crippen molar-refractivity contribution in [2.24, 2.45) is 22.7 Å². The van der Waals surface area contributed by atoms with Gasteiger partial charge in [-0.05, 0) is 50.0 Å². The van der Waals surface area contributed by atoms with Crippen LogP contribution in [-0.4, -0.2) is 19.4 Å². The molecule has 21 heavy (non-hydrogen) atoms. The van der Waals surface area contributed by atoms with E-state index in [0.29, 0.717) is 0 Å². The summed E-state index contributed by atoms with van der Waals surface area (Å²) in [5.74, 6) is 0.354. The average Bonchev–Trinajstić information content (AvgIpc) is 2.45. The molecular weight excluding hydrogens is 264 g/mol. The Morgan fingerprint density at radius 1 is 1.38 bits per heavy atom. The summed E-state index contributed by atoms with van der Waals surface area (Å²) in [6.45, 7) is 8.52. The van der Waals surface area contributed by atoms with Crippen molar-refractivity contribution in [3.05, 3.63) is 24.3 Å². The second kappa shape index (κ2) is 5.78. The molecule has 0 heterocycles. The standard InChI is InChI=1S/C18H26O3/c1-13-8-9-15-17(2,14(13)7-5-12-19)10-6-11-18(15,3)16(20)21-4/h5,7,12,14-15H,1,6,8-11H2,2-4H3/b7-5+/t14-,15+,17+,18-/m0/s1. The van der Waals surface area contributed by atoms with E-state index in [2.05, 4.69) is 20.4 Å². The second-order valence-electron chi connectivity index (χ2n) is 7.02. The fourth-order valence-electron chi connectivity index (χ4n) is 4.87. The molecule has 3 nitrogen and oxygen atoms in total. The minimum absolute atomic E-state index is 0.0178. The van der Waals surface area contributed by atoms with Crippen molar-refractivity contribution < 1.29 is 14.3 Å². The van der Waals surface area contributed by atoms with E-state index in [9.17, 15) is 9.59 Å². The van der Waals surface area contributed by atoms with Crippen LogP contribution in [0.15, 0.2) is 24.3 Å². The van der Waals surface area contributed by atoms with E-state index in [4.69, 9.17) is 4.74 Å². The molecular formula is C18H26O3. The van der Waals surface area contributed by atoms with Gasteiger partial charge in [0.25, 0.3) is 0 Å². The van der Waals surface area contributed by atoms with Crippen molar-refractivity contribution >= 4 is 12.3 Å². The molecule has 0 spiro atoms. The number of ether oxygens (including phenoxy) is 1. The normalized spacial score (nSPS) is 39.9. The fraction of sp³-hybridized carbons (Fsp3) is 0.667. The van der Waals surface area contributed by atoms with Crippen LogP contribution in [0.25, 0.3) is 0 Å². The largest absolute Gasteiger partial charge is 0.469 e. The Morgan fingerprint density at radius 2 is 2.10 bits per heavy atom. The molecule has 2 rings (SSSR count). The lowest BCUT2D eigenvalue weighted by atomic mass is 9.47. The van der Waals surface area contributed by atoms with Gasteiger partial charge in [-0.1, -0.05) is 31.6 Å². The van der Waals surface area contributed by atoms with Crippen LogP contribution in [0.2, 0.25) is 0 Å². The maximum Gasteiger partial charge on any atom is 0.311 e. The van der Waals surface area contributed by atoms with Gasteiger partial charge >= 0.3 is 5.97 Å². The number of fused-ring (bicyclic) bond motifs is 1. The predicted octanol–water partition coefficient (Wildman–Crippen LogP) is 3.69. The molecule has 0 aliphatic heterocycles. The van der Waals surface area contributed by atoms with Gasteiger partial charge in [0.05, 0.1) is 12.5 Å². The highest BCUT2D eigenvalue weighted by molar-refractivity contribution is 5.77. The van der Waals surface area contributed by atoms with E-state index < -0.39 is 5.41 Å². The van der Waals surface area contributed by atoms with Crippen molar-refractivity contribution in [1.29, 1.82) is 0 Å². The number of hydrogen-bond acceptors (Lipinski definition) is 3. The summed E-state index contributed by atoms with van der Waals surface area (Å²) in [4.78, 5) is 23.1. The van der Waals surface area contributed by atoms with E-state index >= 15 is 0 Å². The van der Waals surface area contributed by atoms with Crippen LogP contribution in [0.3, 0.4) is 0 Å². The van der Waals surface area contributed by atoms with Gasteiger partial charge in [-0.25, -0.2) is 0 Å². The van der Waals surface area contributed by atoms with Crippen molar-refractivity contribution in [2.45, 2.75) is 46.0 Å². The Balaban J connectivity index is 2.42. The lowest BCUT2D eigenvalue weighted by molar-refractivity contribution is -0.166. The zero-order chi connectivity index (χ0) is 15.7. The molecule has 0 aromatic heterocycles. The zero-order valence-electron chi connectivity index (χ0n) is 13.4. The fourth-order valence-corrected chi connectivity index (χ4v) is 4.87. The summed E-state index contributed by atoms with van der Waals surface area (Å²) in [5, 5.41) is 0. The van der Waals surface area contributed by atoms with Crippen molar-refractivity contribution in [1.82, 2.24) is 0 Å². The quantitative estimate of drug-likeness (QED) is 0.344. The van der Waals surface area contributed by atoms with Crippen LogP contribution in [0.4, 0.5) is 0 Å². The topological polar surface area (TPSA) is 43.4 Å². The van der Waals surface area contributed by atoms with E-state index in [1.54, 1.807) is 6.08 Å². The van der Waals surface area contributed by atoms with E-state index in [1.807, 2.05) is 6.08 Å². The van der Waals surface area contributed by atoms with Gasteiger partial charge in [0.1, 0.15) is 6.29 Å². The maximum absolute atomic E-state index is 12.4. The number of aldehydes is 1. The Kier molecular flexibility index (Phi) is 4.40. The molecule has 2 aliphatic carbocycles. The molecule has 0 unspecified atom stereocenters. The van der Waals surface area contributed by atoms with Crippen molar-refractivity contribution in [3.8, 4) is 0 Å². The van der Waals surface area contributed by atoms with Crippen LogP contribution >= 0.6 is 0 Å². The minimum atomic E-state index is -0.421. The Bertz CT molecular complexity index is 479. The minimum Gasteiger partial charge on any atom is -0.469 e. The highest BCUT2D eigenvalue weighted by atomic mass is 16.5. The smallest absolute Gasteiger partial charge is 0.311 e. The summed E-state index contributed by atoms with van der Waals surface area (Å²) in [5.41, 5.74) is 0.743. The van der Waals surface area contributed by atoms with Gasteiger partial charge in [-0.2, -0.15) is 0 Å². The number of rotatable bonds is 3. The lowest BCUT2D eigenvalue weighted by Gasteiger charge is -2.56. The Hall–Kier alpha value is -1.38. The Labute approximate surface area is 127 Å². The van der Waals surface area contributed by atoms with Crippen LogP contribution in [0.5, 0.6) is 0 Å². The van der Waals surface area contributed by atoms with Crippen LogP contribution < -0.4 is 0 Å². The molecule has 0 amide bonds. The highest BCUT2D eigenvalue weighted by Gasteiger charge is 2.57. The molecule has 0 saturated heterocycles. The second-order valence-corrected chi connectivity index (χ2v) is 7.02. The number of methoxy groups -OCH3 is 1. The van der Waals surface area contributed by atoms with Crippen LogP contribution in [-0.2, 0) is 14.3 Å². The molecule has 0 bridgehead atoms. The number of hydrogen-bond donors (Lipinski definition) is 0. The lowest BCUT2D eigenvalue weighted by Crippen LogP contribution is -2.53. The zero-order valence-corrected chi connectivity index (χ0v) is 13.4. The number of esters is 1.